The first-order valence-electron chi connectivity index (χ1n) is 5.48. The van der Waals surface area contributed by atoms with Crippen LogP contribution in [0, 0.1) is 5.82 Å². The number of Topliss-reactive ketones (excluding diaryl/α,β-unsaturated/α-hetero) is 1. The number of hydrogen-bond donors (Lipinski definition) is 2. The molecule has 0 radical (unpaired) electrons. The molecule has 0 aliphatic carbocycles. The van der Waals surface area contributed by atoms with Crippen LogP contribution < -0.4 is 11.1 Å². The normalized spacial score (nSPS) is 18.8. The Labute approximate surface area is 98.0 Å². The Bertz CT molecular complexity index is 474. The van der Waals surface area contributed by atoms with E-state index in [9.17, 15) is 14.0 Å². The molecule has 0 saturated carbocycles. The summed E-state index contributed by atoms with van der Waals surface area (Å²) in [5.74, 6) is -1.08. The number of benzene rings is 1. The molecule has 1 heterocycles. The number of fused-ring (bicyclic) bond motifs is 1. The van der Waals surface area contributed by atoms with Crippen molar-refractivity contribution in [2.75, 3.05) is 6.54 Å². The van der Waals surface area contributed by atoms with Gasteiger partial charge in [-0.3, -0.25) is 9.59 Å². The summed E-state index contributed by atoms with van der Waals surface area (Å²) in [6.45, 7) is 0.454. The molecule has 1 aromatic rings. The van der Waals surface area contributed by atoms with Crippen LogP contribution in [0.1, 0.15) is 33.6 Å². The van der Waals surface area contributed by atoms with Crippen molar-refractivity contribution in [1.29, 1.82) is 0 Å². The molecule has 0 saturated heterocycles. The van der Waals surface area contributed by atoms with E-state index in [-0.39, 0.29) is 22.8 Å². The first-order chi connectivity index (χ1) is 8.13. The summed E-state index contributed by atoms with van der Waals surface area (Å²) >= 11 is 0. The number of nitrogens with two attached hydrogens (primary N) is 1. The molecule has 1 aliphatic heterocycles. The van der Waals surface area contributed by atoms with Crippen LogP contribution in [0.4, 0.5) is 4.39 Å². The Balaban J connectivity index is 2.32. The number of hydrogen-bond acceptors (Lipinski definition) is 3. The van der Waals surface area contributed by atoms with E-state index in [1.807, 2.05) is 0 Å². The molecule has 5 heteroatoms. The third-order valence-corrected chi connectivity index (χ3v) is 2.81. The monoisotopic (exact) mass is 236 g/mol. The zero-order chi connectivity index (χ0) is 12.4. The second kappa shape index (κ2) is 4.63. The van der Waals surface area contributed by atoms with Gasteiger partial charge in [0.15, 0.2) is 5.78 Å². The zero-order valence-electron chi connectivity index (χ0n) is 9.20. The molecule has 1 atom stereocenters. The minimum Gasteiger partial charge on any atom is -0.342 e. The van der Waals surface area contributed by atoms with Crippen LogP contribution in [0.5, 0.6) is 0 Å². The number of carbonyl (C=O) groups excluding carboxylic acids is 2. The van der Waals surface area contributed by atoms with Crippen molar-refractivity contribution < 1.29 is 14.0 Å². The largest absolute Gasteiger partial charge is 0.342 e. The highest BCUT2D eigenvalue weighted by Crippen LogP contribution is 2.20. The van der Waals surface area contributed by atoms with Crippen LogP contribution >= 0.6 is 0 Å². The number of ketones is 1. The molecular formula is C12H13FN2O2. The van der Waals surface area contributed by atoms with Crippen LogP contribution in [0.15, 0.2) is 18.2 Å². The van der Waals surface area contributed by atoms with E-state index in [0.29, 0.717) is 19.4 Å². The molecule has 0 fully saturated rings. The average Bonchev–Trinajstić information content (AvgIpc) is 2.32. The number of nitrogens with one attached hydrogen (secondary N) is 1. The summed E-state index contributed by atoms with van der Waals surface area (Å²) < 4.78 is 13.1. The highest BCUT2D eigenvalue weighted by molar-refractivity contribution is 6.15. The Morgan fingerprint density at radius 1 is 1.29 bits per heavy atom. The maximum absolute atomic E-state index is 13.1. The van der Waals surface area contributed by atoms with Gasteiger partial charge >= 0.3 is 0 Å². The SMILES string of the molecule is NCCC[C@@H]1NC(=O)c2ccc(F)cc2C1=O. The van der Waals surface area contributed by atoms with Crippen LogP contribution in [-0.4, -0.2) is 24.3 Å². The fraction of sp³-hybridized carbons (Fsp3) is 0.333. The first-order valence-corrected chi connectivity index (χ1v) is 5.48. The standard InChI is InChI=1S/C12H13FN2O2/c13-7-3-4-8-9(6-7)11(16)10(2-1-5-14)15-12(8)17/h3-4,6,10H,1-2,5,14H2,(H,15,17)/t10-/m0/s1. The van der Waals surface area contributed by atoms with Gasteiger partial charge in [0.1, 0.15) is 5.82 Å². The van der Waals surface area contributed by atoms with E-state index in [2.05, 4.69) is 5.32 Å². The van der Waals surface area contributed by atoms with Gasteiger partial charge in [0.25, 0.3) is 5.91 Å². The molecule has 3 N–H and O–H groups in total. The maximum atomic E-state index is 13.1. The lowest BCUT2D eigenvalue weighted by atomic mass is 9.91. The van der Waals surface area contributed by atoms with Crippen molar-refractivity contribution >= 4 is 11.7 Å². The van der Waals surface area contributed by atoms with Gasteiger partial charge in [-0.2, -0.15) is 0 Å². The molecule has 0 aromatic heterocycles. The molecule has 0 spiro atoms. The summed E-state index contributed by atoms with van der Waals surface area (Å²) in [6, 6.07) is 3.04. The first kappa shape index (κ1) is 11.7. The number of carbonyl (C=O) groups is 2. The van der Waals surface area contributed by atoms with E-state index in [0.717, 1.165) is 6.07 Å². The summed E-state index contributed by atoms with van der Waals surface area (Å²) in [6.07, 6.45) is 1.12. The Morgan fingerprint density at radius 2 is 2.06 bits per heavy atom. The second-order valence-corrected chi connectivity index (χ2v) is 4.01. The quantitative estimate of drug-likeness (QED) is 0.817. The van der Waals surface area contributed by atoms with Gasteiger partial charge in [0, 0.05) is 5.56 Å². The third kappa shape index (κ3) is 2.19. The topological polar surface area (TPSA) is 72.2 Å². The second-order valence-electron chi connectivity index (χ2n) is 4.01. The van der Waals surface area contributed by atoms with Crippen LogP contribution in [0.25, 0.3) is 0 Å². The van der Waals surface area contributed by atoms with Crippen molar-refractivity contribution in [3.05, 3.63) is 35.1 Å². The van der Waals surface area contributed by atoms with Gasteiger partial charge < -0.3 is 11.1 Å². The molecule has 90 valence electrons. The molecule has 1 aromatic carbocycles. The minimum absolute atomic E-state index is 0.163. The number of halogens is 1. The van der Waals surface area contributed by atoms with Gasteiger partial charge in [0.05, 0.1) is 11.6 Å². The molecule has 0 bridgehead atoms. The smallest absolute Gasteiger partial charge is 0.252 e. The fourth-order valence-electron chi connectivity index (χ4n) is 1.93. The Morgan fingerprint density at radius 3 is 2.76 bits per heavy atom. The van der Waals surface area contributed by atoms with Crippen molar-refractivity contribution in [1.82, 2.24) is 5.32 Å². The van der Waals surface area contributed by atoms with Gasteiger partial charge in [-0.1, -0.05) is 0 Å². The average molecular weight is 236 g/mol. The number of rotatable bonds is 3. The third-order valence-electron chi connectivity index (χ3n) is 2.81. The molecule has 2 rings (SSSR count). The van der Waals surface area contributed by atoms with Crippen LogP contribution in [0.2, 0.25) is 0 Å². The lowest BCUT2D eigenvalue weighted by Crippen LogP contribution is -2.46. The molecule has 0 unspecified atom stereocenters. The van der Waals surface area contributed by atoms with Crippen LogP contribution in [0.3, 0.4) is 0 Å². The lowest BCUT2D eigenvalue weighted by molar-refractivity contribution is 0.0822. The highest BCUT2D eigenvalue weighted by atomic mass is 19.1. The summed E-state index contributed by atoms with van der Waals surface area (Å²) in [7, 11) is 0. The number of amides is 1. The van der Waals surface area contributed by atoms with E-state index >= 15 is 0 Å². The highest BCUT2D eigenvalue weighted by Gasteiger charge is 2.31. The molecular weight excluding hydrogens is 223 g/mol. The minimum atomic E-state index is -0.583. The Hall–Kier alpha value is -1.75. The fourth-order valence-corrected chi connectivity index (χ4v) is 1.93. The Kier molecular flexibility index (Phi) is 3.19. The van der Waals surface area contributed by atoms with E-state index in [1.54, 1.807) is 0 Å². The molecule has 1 amide bonds. The summed E-state index contributed by atoms with van der Waals surface area (Å²) in [5, 5.41) is 2.61. The van der Waals surface area contributed by atoms with Crippen molar-refractivity contribution in [3.63, 3.8) is 0 Å². The van der Waals surface area contributed by atoms with Crippen LogP contribution in [-0.2, 0) is 0 Å². The summed E-state index contributed by atoms with van der Waals surface area (Å²) in [5.41, 5.74) is 5.76. The van der Waals surface area contributed by atoms with E-state index in [1.165, 1.54) is 12.1 Å². The predicted molar refractivity (Wildman–Crippen MR) is 60.3 cm³/mol. The van der Waals surface area contributed by atoms with Crippen molar-refractivity contribution in [2.24, 2.45) is 5.73 Å². The van der Waals surface area contributed by atoms with E-state index < -0.39 is 11.9 Å². The van der Waals surface area contributed by atoms with Gasteiger partial charge in [-0.25, -0.2) is 4.39 Å². The molecule has 1 aliphatic rings. The molecule has 4 nitrogen and oxygen atoms in total. The lowest BCUT2D eigenvalue weighted by Gasteiger charge is -2.24. The summed E-state index contributed by atoms with van der Waals surface area (Å²) in [4.78, 5) is 23.7. The predicted octanol–water partition coefficient (Wildman–Crippen LogP) is 0.859. The van der Waals surface area contributed by atoms with Gasteiger partial charge in [-0.05, 0) is 37.6 Å². The van der Waals surface area contributed by atoms with Crippen molar-refractivity contribution in [2.45, 2.75) is 18.9 Å². The van der Waals surface area contributed by atoms with Gasteiger partial charge in [-0.15, -0.1) is 0 Å². The van der Waals surface area contributed by atoms with Crippen molar-refractivity contribution in [3.8, 4) is 0 Å². The van der Waals surface area contributed by atoms with Gasteiger partial charge in [0.2, 0.25) is 0 Å². The molecule has 17 heavy (non-hydrogen) atoms. The maximum Gasteiger partial charge on any atom is 0.252 e. The zero-order valence-corrected chi connectivity index (χ0v) is 9.20. The van der Waals surface area contributed by atoms with E-state index in [4.69, 9.17) is 5.73 Å².